The number of anilines is 1. The van der Waals surface area contributed by atoms with Crippen LogP contribution >= 0.6 is 0 Å². The van der Waals surface area contributed by atoms with E-state index < -0.39 is 0 Å². The average molecular weight is 269 g/mol. The van der Waals surface area contributed by atoms with E-state index >= 15 is 0 Å². The molecule has 1 N–H and O–H groups in total. The molecule has 2 amide bonds. The molecule has 2 aromatic rings. The number of likely N-dealkylation sites (tertiary alicyclic amines) is 1. The molecule has 2 heterocycles. The van der Waals surface area contributed by atoms with Crippen LogP contribution in [-0.2, 0) is 9.59 Å². The van der Waals surface area contributed by atoms with Gasteiger partial charge >= 0.3 is 0 Å². The second-order valence-electron chi connectivity index (χ2n) is 5.05. The molecule has 5 nitrogen and oxygen atoms in total. The van der Waals surface area contributed by atoms with Crippen molar-refractivity contribution in [3.05, 3.63) is 36.5 Å². The summed E-state index contributed by atoms with van der Waals surface area (Å²) in [4.78, 5) is 29.6. The van der Waals surface area contributed by atoms with Crippen LogP contribution in [0.2, 0.25) is 0 Å². The van der Waals surface area contributed by atoms with Crippen LogP contribution in [0.1, 0.15) is 6.42 Å². The van der Waals surface area contributed by atoms with Crippen molar-refractivity contribution in [2.24, 2.45) is 5.92 Å². The molecule has 0 bridgehead atoms. The van der Waals surface area contributed by atoms with Gasteiger partial charge in [0.15, 0.2) is 0 Å². The normalized spacial score (nSPS) is 18.6. The molecule has 3 rings (SSSR count). The fourth-order valence-electron chi connectivity index (χ4n) is 2.48. The smallest absolute Gasteiger partial charge is 0.229 e. The van der Waals surface area contributed by atoms with Crippen molar-refractivity contribution in [2.45, 2.75) is 6.42 Å². The summed E-state index contributed by atoms with van der Waals surface area (Å²) in [5, 5.41) is 3.86. The van der Waals surface area contributed by atoms with E-state index in [1.165, 1.54) is 0 Å². The summed E-state index contributed by atoms with van der Waals surface area (Å²) in [6.45, 7) is 0.475. The molecule has 0 spiro atoms. The molecular weight excluding hydrogens is 254 g/mol. The Balaban J connectivity index is 1.83. The van der Waals surface area contributed by atoms with Gasteiger partial charge in [-0.1, -0.05) is 18.2 Å². The van der Waals surface area contributed by atoms with Crippen molar-refractivity contribution in [1.82, 2.24) is 9.88 Å². The lowest BCUT2D eigenvalue weighted by Gasteiger charge is -2.12. The number of para-hydroxylation sites is 1. The first-order valence-corrected chi connectivity index (χ1v) is 6.54. The molecule has 5 heteroatoms. The van der Waals surface area contributed by atoms with Crippen LogP contribution in [-0.4, -0.2) is 35.3 Å². The van der Waals surface area contributed by atoms with Crippen LogP contribution in [0.3, 0.4) is 0 Å². The minimum absolute atomic E-state index is 0.0150. The molecule has 1 aromatic heterocycles. The Morgan fingerprint density at radius 1 is 1.35 bits per heavy atom. The van der Waals surface area contributed by atoms with E-state index in [1.807, 2.05) is 30.3 Å². The minimum atomic E-state index is -0.286. The third-order valence-electron chi connectivity index (χ3n) is 3.60. The monoisotopic (exact) mass is 269 g/mol. The van der Waals surface area contributed by atoms with Crippen molar-refractivity contribution < 1.29 is 9.59 Å². The standard InChI is InChI=1S/C15H15N3O2/c1-18-9-11(8-13(18)19)15(20)17-12-6-2-4-10-5-3-7-16-14(10)12/h2-7,11H,8-9H2,1H3,(H,17,20). The van der Waals surface area contributed by atoms with Crippen LogP contribution in [0, 0.1) is 5.92 Å². The van der Waals surface area contributed by atoms with E-state index in [0.717, 1.165) is 10.9 Å². The zero-order valence-corrected chi connectivity index (χ0v) is 11.2. The average Bonchev–Trinajstić information content (AvgIpc) is 2.79. The Hall–Kier alpha value is -2.43. The molecule has 1 unspecified atom stereocenters. The van der Waals surface area contributed by atoms with E-state index in [4.69, 9.17) is 0 Å². The van der Waals surface area contributed by atoms with E-state index in [9.17, 15) is 9.59 Å². The number of fused-ring (bicyclic) bond motifs is 1. The van der Waals surface area contributed by atoms with Gasteiger partial charge in [0.1, 0.15) is 0 Å². The SMILES string of the molecule is CN1CC(C(=O)Nc2cccc3cccnc23)CC1=O. The largest absolute Gasteiger partial charge is 0.345 e. The van der Waals surface area contributed by atoms with Gasteiger partial charge in [-0.2, -0.15) is 0 Å². The summed E-state index contributed by atoms with van der Waals surface area (Å²) < 4.78 is 0. The fourth-order valence-corrected chi connectivity index (χ4v) is 2.48. The number of aromatic nitrogens is 1. The van der Waals surface area contributed by atoms with Gasteiger partial charge in [0.25, 0.3) is 0 Å². The van der Waals surface area contributed by atoms with E-state index in [-0.39, 0.29) is 24.2 Å². The van der Waals surface area contributed by atoms with Gasteiger partial charge in [0, 0.05) is 31.6 Å². The van der Waals surface area contributed by atoms with Crippen LogP contribution in [0.5, 0.6) is 0 Å². The number of nitrogens with one attached hydrogen (secondary N) is 1. The number of carbonyl (C=O) groups is 2. The highest BCUT2D eigenvalue weighted by molar-refractivity contribution is 6.02. The summed E-state index contributed by atoms with van der Waals surface area (Å²) in [5.41, 5.74) is 1.45. The molecule has 1 fully saturated rings. The van der Waals surface area contributed by atoms with Crippen molar-refractivity contribution in [3.63, 3.8) is 0 Å². The Morgan fingerprint density at radius 3 is 2.90 bits per heavy atom. The first kappa shape index (κ1) is 12.6. The lowest BCUT2D eigenvalue weighted by molar-refractivity contribution is -0.127. The number of carbonyl (C=O) groups excluding carboxylic acids is 2. The number of hydrogen-bond donors (Lipinski definition) is 1. The zero-order valence-electron chi connectivity index (χ0n) is 11.2. The molecule has 0 aliphatic carbocycles. The molecule has 1 aliphatic rings. The maximum atomic E-state index is 12.2. The molecule has 20 heavy (non-hydrogen) atoms. The number of nitrogens with zero attached hydrogens (tertiary/aromatic N) is 2. The summed E-state index contributed by atoms with van der Waals surface area (Å²) in [6, 6.07) is 9.47. The second-order valence-corrected chi connectivity index (χ2v) is 5.05. The number of pyridine rings is 1. The van der Waals surface area contributed by atoms with Crippen LogP contribution < -0.4 is 5.32 Å². The summed E-state index contributed by atoms with van der Waals surface area (Å²) >= 11 is 0. The predicted octanol–water partition coefficient (Wildman–Crippen LogP) is 1.65. The Labute approximate surface area is 116 Å². The molecule has 0 saturated carbocycles. The highest BCUT2D eigenvalue weighted by atomic mass is 16.2. The molecule has 1 saturated heterocycles. The number of amides is 2. The van der Waals surface area contributed by atoms with Gasteiger partial charge in [0.2, 0.25) is 11.8 Å². The first-order valence-electron chi connectivity index (χ1n) is 6.54. The summed E-state index contributed by atoms with van der Waals surface area (Å²) in [7, 11) is 1.72. The Bertz CT molecular complexity index is 678. The van der Waals surface area contributed by atoms with Gasteiger partial charge in [-0.25, -0.2) is 0 Å². The third kappa shape index (κ3) is 2.22. The highest BCUT2D eigenvalue weighted by Crippen LogP contribution is 2.23. The number of hydrogen-bond acceptors (Lipinski definition) is 3. The fraction of sp³-hybridized carbons (Fsp3) is 0.267. The number of rotatable bonds is 2. The lowest BCUT2D eigenvalue weighted by atomic mass is 10.1. The maximum absolute atomic E-state index is 12.2. The predicted molar refractivity (Wildman–Crippen MR) is 76.1 cm³/mol. The Morgan fingerprint density at radius 2 is 2.15 bits per heavy atom. The molecule has 1 aromatic carbocycles. The maximum Gasteiger partial charge on any atom is 0.229 e. The minimum Gasteiger partial charge on any atom is -0.345 e. The van der Waals surface area contributed by atoms with Crippen molar-refractivity contribution in [1.29, 1.82) is 0 Å². The van der Waals surface area contributed by atoms with E-state index in [0.29, 0.717) is 12.2 Å². The van der Waals surface area contributed by atoms with Crippen LogP contribution in [0.15, 0.2) is 36.5 Å². The van der Waals surface area contributed by atoms with Gasteiger partial charge in [-0.3, -0.25) is 14.6 Å². The number of benzene rings is 1. The third-order valence-corrected chi connectivity index (χ3v) is 3.60. The van der Waals surface area contributed by atoms with Gasteiger partial charge in [0.05, 0.1) is 17.1 Å². The summed E-state index contributed by atoms with van der Waals surface area (Å²) in [5.74, 6) is -0.395. The molecule has 0 radical (unpaired) electrons. The first-order chi connectivity index (χ1) is 9.65. The molecule has 102 valence electrons. The van der Waals surface area contributed by atoms with Crippen LogP contribution in [0.25, 0.3) is 10.9 Å². The molecular formula is C15H15N3O2. The molecule has 1 atom stereocenters. The van der Waals surface area contributed by atoms with Crippen molar-refractivity contribution in [2.75, 3.05) is 18.9 Å². The Kier molecular flexibility index (Phi) is 3.10. The van der Waals surface area contributed by atoms with E-state index in [2.05, 4.69) is 10.3 Å². The lowest BCUT2D eigenvalue weighted by Crippen LogP contribution is -2.25. The molecule has 1 aliphatic heterocycles. The highest BCUT2D eigenvalue weighted by Gasteiger charge is 2.32. The van der Waals surface area contributed by atoms with Crippen LogP contribution in [0.4, 0.5) is 5.69 Å². The van der Waals surface area contributed by atoms with Gasteiger partial charge < -0.3 is 10.2 Å². The van der Waals surface area contributed by atoms with Gasteiger partial charge in [-0.05, 0) is 12.1 Å². The van der Waals surface area contributed by atoms with E-state index in [1.54, 1.807) is 18.1 Å². The quantitative estimate of drug-likeness (QED) is 0.901. The zero-order chi connectivity index (χ0) is 14.1. The topological polar surface area (TPSA) is 62.3 Å². The van der Waals surface area contributed by atoms with Crippen molar-refractivity contribution in [3.8, 4) is 0 Å². The van der Waals surface area contributed by atoms with Crippen molar-refractivity contribution >= 4 is 28.4 Å². The second kappa shape index (κ2) is 4.92. The summed E-state index contributed by atoms with van der Waals surface area (Å²) in [6.07, 6.45) is 1.98. The van der Waals surface area contributed by atoms with Gasteiger partial charge in [-0.15, -0.1) is 0 Å².